The number of alkyl halides is 2. The average Bonchev–Trinajstić information content (AvgIpc) is 2.60. The van der Waals surface area contributed by atoms with E-state index in [2.05, 4.69) is 10.1 Å². The minimum Gasteiger partial charge on any atom is -0.452 e. The summed E-state index contributed by atoms with van der Waals surface area (Å²) in [6, 6.07) is 8.94. The number of carbonyl (C=O) groups excluding carboxylic acids is 2. The molecular formula is C17H14ClF2NO6S. The van der Waals surface area contributed by atoms with Gasteiger partial charge in [0.2, 0.25) is 0 Å². The van der Waals surface area contributed by atoms with Crippen molar-refractivity contribution in [3.8, 4) is 5.75 Å². The highest BCUT2D eigenvalue weighted by Crippen LogP contribution is 2.25. The number of rotatable bonds is 7. The number of hydrogen-bond acceptors (Lipinski definition) is 6. The highest BCUT2D eigenvalue weighted by atomic mass is 35.5. The summed E-state index contributed by atoms with van der Waals surface area (Å²) in [5.74, 6) is -2.11. The number of esters is 1. The topological polar surface area (TPSA) is 98.8 Å². The number of halogens is 3. The van der Waals surface area contributed by atoms with Gasteiger partial charge in [-0.15, -0.1) is 0 Å². The number of para-hydroxylation sites is 2. The standard InChI is InChI=1S/C17H14ClF2NO6S/c1-28(24,25)10-6-7-12(18)11(8-10)16(23)26-9-15(22)21-13-4-2-3-5-14(13)27-17(19)20/h2-8,17H,9H2,1H3,(H,21,22). The number of sulfone groups is 1. The Kier molecular flexibility index (Phi) is 6.92. The fourth-order valence-corrected chi connectivity index (χ4v) is 2.90. The molecule has 1 amide bonds. The van der Waals surface area contributed by atoms with Gasteiger partial charge in [0, 0.05) is 6.26 Å². The lowest BCUT2D eigenvalue weighted by Gasteiger charge is -2.12. The Hall–Kier alpha value is -2.72. The molecule has 7 nitrogen and oxygen atoms in total. The van der Waals surface area contributed by atoms with Crippen LogP contribution in [0.3, 0.4) is 0 Å². The van der Waals surface area contributed by atoms with Crippen LogP contribution >= 0.6 is 11.6 Å². The molecule has 0 atom stereocenters. The van der Waals surface area contributed by atoms with Crippen molar-refractivity contribution in [3.05, 3.63) is 53.1 Å². The molecule has 11 heteroatoms. The molecule has 150 valence electrons. The molecule has 0 aliphatic rings. The van der Waals surface area contributed by atoms with E-state index in [-0.39, 0.29) is 26.9 Å². The Morgan fingerprint density at radius 1 is 1.18 bits per heavy atom. The second-order valence-electron chi connectivity index (χ2n) is 5.41. The van der Waals surface area contributed by atoms with Gasteiger partial charge in [-0.2, -0.15) is 8.78 Å². The molecule has 0 aromatic heterocycles. The van der Waals surface area contributed by atoms with E-state index in [4.69, 9.17) is 16.3 Å². The zero-order chi connectivity index (χ0) is 20.9. The van der Waals surface area contributed by atoms with E-state index in [1.54, 1.807) is 0 Å². The predicted molar refractivity (Wildman–Crippen MR) is 96.5 cm³/mol. The van der Waals surface area contributed by atoms with Gasteiger partial charge < -0.3 is 14.8 Å². The molecule has 0 unspecified atom stereocenters. The zero-order valence-corrected chi connectivity index (χ0v) is 15.9. The van der Waals surface area contributed by atoms with Crippen LogP contribution in [0.15, 0.2) is 47.4 Å². The largest absolute Gasteiger partial charge is 0.452 e. The van der Waals surface area contributed by atoms with Crippen molar-refractivity contribution >= 4 is 39.0 Å². The van der Waals surface area contributed by atoms with Crippen LogP contribution in [0.4, 0.5) is 14.5 Å². The summed E-state index contributed by atoms with van der Waals surface area (Å²) >= 11 is 5.87. The molecule has 1 N–H and O–H groups in total. The first-order valence-corrected chi connectivity index (χ1v) is 9.85. The highest BCUT2D eigenvalue weighted by molar-refractivity contribution is 7.90. The van der Waals surface area contributed by atoms with Crippen LogP contribution < -0.4 is 10.1 Å². The second kappa shape index (κ2) is 8.98. The van der Waals surface area contributed by atoms with Crippen LogP contribution in [-0.4, -0.2) is 39.8 Å². The molecule has 0 saturated carbocycles. The molecule has 0 spiro atoms. The Morgan fingerprint density at radius 3 is 2.50 bits per heavy atom. The van der Waals surface area contributed by atoms with E-state index >= 15 is 0 Å². The smallest absolute Gasteiger partial charge is 0.387 e. The summed E-state index contributed by atoms with van der Waals surface area (Å²) in [6.45, 7) is -3.85. The van der Waals surface area contributed by atoms with Gasteiger partial charge in [-0.05, 0) is 30.3 Å². The van der Waals surface area contributed by atoms with Crippen LogP contribution in [0.1, 0.15) is 10.4 Å². The third-order valence-electron chi connectivity index (χ3n) is 3.30. The van der Waals surface area contributed by atoms with Gasteiger partial charge in [-0.25, -0.2) is 13.2 Å². The zero-order valence-electron chi connectivity index (χ0n) is 14.3. The molecule has 0 fully saturated rings. The summed E-state index contributed by atoms with van der Waals surface area (Å²) < 4.78 is 57.0. The molecule has 2 aromatic rings. The average molecular weight is 434 g/mol. The lowest BCUT2D eigenvalue weighted by Crippen LogP contribution is -2.21. The highest BCUT2D eigenvalue weighted by Gasteiger charge is 2.18. The first kappa shape index (κ1) is 21.6. The molecule has 0 radical (unpaired) electrons. The number of nitrogens with one attached hydrogen (secondary N) is 1. The van der Waals surface area contributed by atoms with Gasteiger partial charge in [0.05, 0.1) is 21.2 Å². The molecule has 28 heavy (non-hydrogen) atoms. The predicted octanol–water partition coefficient (Wildman–Crippen LogP) is 3.14. The van der Waals surface area contributed by atoms with E-state index in [0.29, 0.717) is 0 Å². The fraction of sp³-hybridized carbons (Fsp3) is 0.176. The van der Waals surface area contributed by atoms with Crippen LogP contribution in [-0.2, 0) is 19.4 Å². The van der Waals surface area contributed by atoms with Crippen molar-refractivity contribution < 1.29 is 36.3 Å². The van der Waals surface area contributed by atoms with Crippen LogP contribution in [0.2, 0.25) is 5.02 Å². The van der Waals surface area contributed by atoms with E-state index in [1.807, 2.05) is 0 Å². The van der Waals surface area contributed by atoms with Gasteiger partial charge in [-0.1, -0.05) is 23.7 Å². The van der Waals surface area contributed by atoms with Crippen molar-refractivity contribution in [2.75, 3.05) is 18.2 Å². The minimum absolute atomic E-state index is 0.0408. The number of hydrogen-bond donors (Lipinski definition) is 1. The van der Waals surface area contributed by atoms with Gasteiger partial charge in [0.15, 0.2) is 16.4 Å². The summed E-state index contributed by atoms with van der Waals surface area (Å²) in [7, 11) is -3.58. The molecular weight excluding hydrogens is 420 g/mol. The van der Waals surface area contributed by atoms with E-state index in [1.165, 1.54) is 36.4 Å². The summed E-state index contributed by atoms with van der Waals surface area (Å²) in [5, 5.41) is 2.21. The third-order valence-corrected chi connectivity index (χ3v) is 4.74. The van der Waals surface area contributed by atoms with Crippen LogP contribution in [0.25, 0.3) is 0 Å². The number of amides is 1. The SMILES string of the molecule is CS(=O)(=O)c1ccc(Cl)c(C(=O)OCC(=O)Nc2ccccc2OC(F)F)c1. The Morgan fingerprint density at radius 2 is 1.86 bits per heavy atom. The number of carbonyl (C=O) groups is 2. The quantitative estimate of drug-likeness (QED) is 0.673. The lowest BCUT2D eigenvalue weighted by atomic mass is 10.2. The maximum absolute atomic E-state index is 12.4. The lowest BCUT2D eigenvalue weighted by molar-refractivity contribution is -0.119. The van der Waals surface area contributed by atoms with E-state index in [0.717, 1.165) is 12.3 Å². The van der Waals surface area contributed by atoms with Crippen molar-refractivity contribution in [2.24, 2.45) is 0 Å². The molecule has 0 bridgehead atoms. The van der Waals surface area contributed by atoms with Gasteiger partial charge in [-0.3, -0.25) is 4.79 Å². The van der Waals surface area contributed by atoms with Crippen molar-refractivity contribution in [2.45, 2.75) is 11.5 Å². The molecule has 0 aliphatic heterocycles. The Bertz CT molecular complexity index is 997. The van der Waals surface area contributed by atoms with Gasteiger partial charge in [0.25, 0.3) is 5.91 Å². The van der Waals surface area contributed by atoms with Crippen LogP contribution in [0, 0.1) is 0 Å². The summed E-state index contributed by atoms with van der Waals surface area (Å²) in [6.07, 6.45) is 0.956. The normalized spacial score (nSPS) is 11.2. The molecule has 2 rings (SSSR count). The van der Waals surface area contributed by atoms with Crippen LogP contribution in [0.5, 0.6) is 5.75 Å². The molecule has 2 aromatic carbocycles. The number of ether oxygens (including phenoxy) is 2. The maximum Gasteiger partial charge on any atom is 0.387 e. The number of anilines is 1. The maximum atomic E-state index is 12.4. The Labute approximate surface area is 164 Å². The molecule has 0 heterocycles. The van der Waals surface area contributed by atoms with Crippen molar-refractivity contribution in [1.29, 1.82) is 0 Å². The monoisotopic (exact) mass is 433 g/mol. The van der Waals surface area contributed by atoms with Gasteiger partial charge >= 0.3 is 12.6 Å². The van der Waals surface area contributed by atoms with E-state index < -0.39 is 34.9 Å². The third kappa shape index (κ3) is 5.89. The van der Waals surface area contributed by atoms with Gasteiger partial charge in [0.1, 0.15) is 5.75 Å². The number of benzene rings is 2. The first-order valence-electron chi connectivity index (χ1n) is 7.58. The van der Waals surface area contributed by atoms with E-state index in [9.17, 15) is 26.8 Å². The summed E-state index contributed by atoms with van der Waals surface area (Å²) in [4.78, 5) is 23.9. The molecule has 0 saturated heterocycles. The second-order valence-corrected chi connectivity index (χ2v) is 7.84. The fourth-order valence-electron chi connectivity index (χ4n) is 2.06. The van der Waals surface area contributed by atoms with Crippen molar-refractivity contribution in [1.82, 2.24) is 0 Å². The Balaban J connectivity index is 2.05. The molecule has 0 aliphatic carbocycles. The van der Waals surface area contributed by atoms with Crippen molar-refractivity contribution in [3.63, 3.8) is 0 Å². The first-order chi connectivity index (χ1) is 13.1. The summed E-state index contributed by atoms with van der Waals surface area (Å²) in [5.41, 5.74) is -0.278. The minimum atomic E-state index is -3.58.